The predicted molar refractivity (Wildman–Crippen MR) is 129 cm³/mol. The van der Waals surface area contributed by atoms with E-state index >= 15 is 0 Å². The molecule has 0 spiro atoms. The van der Waals surface area contributed by atoms with Gasteiger partial charge in [0.05, 0.1) is 12.0 Å². The fourth-order valence-corrected chi connectivity index (χ4v) is 5.13. The maximum Gasteiger partial charge on any atom is 0.411 e. The number of methoxy groups -OCH3 is 1. The van der Waals surface area contributed by atoms with Crippen LogP contribution in [-0.4, -0.2) is 53.0 Å². The van der Waals surface area contributed by atoms with Crippen LogP contribution in [0, 0.1) is 16.0 Å². The molecule has 1 aliphatic carbocycles. The third-order valence-electron chi connectivity index (χ3n) is 6.95. The van der Waals surface area contributed by atoms with E-state index in [0.717, 1.165) is 31.2 Å². The summed E-state index contributed by atoms with van der Waals surface area (Å²) in [5.41, 5.74) is 1.41. The van der Waals surface area contributed by atoms with Gasteiger partial charge in [0.15, 0.2) is 0 Å². The molecule has 0 radical (unpaired) electrons. The summed E-state index contributed by atoms with van der Waals surface area (Å²) in [6.45, 7) is 0.104. The summed E-state index contributed by atoms with van der Waals surface area (Å²) < 4.78 is 10.5. The van der Waals surface area contributed by atoms with Gasteiger partial charge in [-0.15, -0.1) is 0 Å². The van der Waals surface area contributed by atoms with Crippen LogP contribution >= 0.6 is 0 Å². The Morgan fingerprint density at radius 2 is 1.69 bits per heavy atom. The maximum absolute atomic E-state index is 13.5. The Morgan fingerprint density at radius 1 is 1.03 bits per heavy atom. The second-order valence-electron chi connectivity index (χ2n) is 9.17. The normalized spacial score (nSPS) is 21.4. The van der Waals surface area contributed by atoms with E-state index in [1.54, 1.807) is 0 Å². The summed E-state index contributed by atoms with van der Waals surface area (Å²) in [6.07, 6.45) is 2.79. The number of esters is 1. The molecule has 2 saturated heterocycles. The molecule has 2 heterocycles. The lowest BCUT2D eigenvalue weighted by atomic mass is 9.74. The molecule has 1 saturated carbocycles. The van der Waals surface area contributed by atoms with Crippen LogP contribution in [0.1, 0.15) is 36.8 Å². The Hall–Kier alpha value is -3.95. The average molecular weight is 496 g/mol. The molecule has 2 aliphatic heterocycles. The number of non-ortho nitro benzene ring substituents is 1. The van der Waals surface area contributed by atoms with Gasteiger partial charge in [-0.1, -0.05) is 42.5 Å². The fraction of sp³-hybridized carbons (Fsp3) is 0.423. The molecule has 10 heteroatoms. The number of fused-ring (bicyclic) bond motifs is 3. The van der Waals surface area contributed by atoms with E-state index in [0.29, 0.717) is 5.56 Å². The highest BCUT2D eigenvalue weighted by atomic mass is 16.6. The number of benzene rings is 2. The number of piperidine rings is 2. The summed E-state index contributed by atoms with van der Waals surface area (Å²) in [5.74, 6) is -1.10. The number of nitro benzene ring substituents is 1. The monoisotopic (exact) mass is 495 g/mol. The van der Waals surface area contributed by atoms with Crippen molar-refractivity contribution in [3.63, 3.8) is 0 Å². The van der Waals surface area contributed by atoms with Crippen LogP contribution in [0.15, 0.2) is 54.6 Å². The molecule has 10 nitrogen and oxygen atoms in total. The van der Waals surface area contributed by atoms with Gasteiger partial charge in [-0.3, -0.25) is 19.8 Å². The van der Waals surface area contributed by atoms with Crippen LogP contribution in [0.2, 0.25) is 0 Å². The third kappa shape index (κ3) is 5.64. The van der Waals surface area contributed by atoms with E-state index in [2.05, 4.69) is 5.32 Å². The molecule has 2 aromatic rings. The number of nitrogens with zero attached hydrogens (tertiary/aromatic N) is 2. The zero-order valence-corrected chi connectivity index (χ0v) is 20.0. The van der Waals surface area contributed by atoms with Crippen LogP contribution in [-0.2, 0) is 32.1 Å². The summed E-state index contributed by atoms with van der Waals surface area (Å²) in [6, 6.07) is 13.2. The van der Waals surface area contributed by atoms with Crippen molar-refractivity contribution >= 4 is 23.7 Å². The van der Waals surface area contributed by atoms with Gasteiger partial charge in [0.1, 0.15) is 18.7 Å². The van der Waals surface area contributed by atoms with Gasteiger partial charge in [0, 0.05) is 24.6 Å². The number of carbonyl (C=O) groups excluding carboxylic acids is 3. The van der Waals surface area contributed by atoms with E-state index in [1.807, 2.05) is 30.3 Å². The minimum atomic E-state index is -1.01. The lowest BCUT2D eigenvalue weighted by molar-refractivity contribution is -0.384. The molecule has 3 fully saturated rings. The molecule has 2 amide bonds. The van der Waals surface area contributed by atoms with Crippen molar-refractivity contribution in [3.8, 4) is 0 Å². The SMILES string of the molecule is COC(=O)[C@H](Cc1ccc([N+](=O)[O-])cc1)NC(=O)C1C2CCC(CC2)N1C(=O)OCc1ccccc1. The number of ether oxygens (including phenoxy) is 2. The van der Waals surface area contributed by atoms with Crippen molar-refractivity contribution in [2.75, 3.05) is 7.11 Å². The molecule has 5 rings (SSSR count). The largest absolute Gasteiger partial charge is 0.467 e. The quantitative estimate of drug-likeness (QED) is 0.338. The molecule has 2 aromatic carbocycles. The molecule has 2 atom stereocenters. The van der Waals surface area contributed by atoms with Crippen molar-refractivity contribution in [3.05, 3.63) is 75.8 Å². The Labute approximate surface area is 208 Å². The Bertz CT molecular complexity index is 1100. The van der Waals surface area contributed by atoms with E-state index in [1.165, 1.54) is 36.3 Å². The number of nitrogens with one attached hydrogen (secondary N) is 1. The van der Waals surface area contributed by atoms with E-state index in [-0.39, 0.29) is 30.7 Å². The number of rotatable bonds is 8. The highest BCUT2D eigenvalue weighted by molar-refractivity contribution is 5.90. The van der Waals surface area contributed by atoms with E-state index in [9.17, 15) is 24.5 Å². The van der Waals surface area contributed by atoms with Crippen molar-refractivity contribution in [1.82, 2.24) is 10.2 Å². The van der Waals surface area contributed by atoms with Gasteiger partial charge in [0.25, 0.3) is 5.69 Å². The van der Waals surface area contributed by atoms with E-state index in [4.69, 9.17) is 9.47 Å². The molecule has 1 N–H and O–H groups in total. The average Bonchev–Trinajstić information content (AvgIpc) is 2.91. The first-order valence-corrected chi connectivity index (χ1v) is 12.0. The van der Waals surface area contributed by atoms with E-state index < -0.39 is 35.0 Å². The summed E-state index contributed by atoms with van der Waals surface area (Å²) in [5, 5.41) is 13.7. The van der Waals surface area contributed by atoms with Crippen LogP contribution in [0.5, 0.6) is 0 Å². The molecule has 3 aliphatic rings. The Balaban J connectivity index is 1.48. The lowest BCUT2D eigenvalue weighted by Crippen LogP contribution is -2.64. The molecule has 190 valence electrons. The maximum atomic E-state index is 13.5. The molecular formula is C26H29N3O7. The number of hydrogen-bond acceptors (Lipinski definition) is 7. The van der Waals surface area contributed by atoms with Crippen LogP contribution in [0.4, 0.5) is 10.5 Å². The van der Waals surface area contributed by atoms with Crippen molar-refractivity contribution in [2.45, 2.75) is 56.8 Å². The topological polar surface area (TPSA) is 128 Å². The first-order chi connectivity index (χ1) is 17.4. The predicted octanol–water partition coefficient (Wildman–Crippen LogP) is 3.37. The molecule has 0 aromatic heterocycles. The van der Waals surface area contributed by atoms with Gasteiger partial charge in [-0.05, 0) is 42.7 Å². The first-order valence-electron chi connectivity index (χ1n) is 12.0. The zero-order valence-electron chi connectivity index (χ0n) is 20.0. The number of hydrogen-bond donors (Lipinski definition) is 1. The zero-order chi connectivity index (χ0) is 25.7. The highest BCUT2D eigenvalue weighted by Crippen LogP contribution is 2.40. The van der Waals surface area contributed by atoms with Gasteiger partial charge < -0.3 is 14.8 Å². The Morgan fingerprint density at radius 3 is 2.31 bits per heavy atom. The standard InChI is InChI=1S/C26H29N3O7/c1-35-25(31)22(15-17-7-11-21(12-8-17)29(33)34)27-24(30)23-19-9-13-20(14-10-19)28(23)26(32)36-16-18-5-3-2-4-6-18/h2-8,11-12,19-20,22-23H,9-10,13-16H2,1H3,(H,27,30)/t19?,20?,22-,23?/m0/s1. The third-order valence-corrected chi connectivity index (χ3v) is 6.95. The van der Waals surface area contributed by atoms with Crippen LogP contribution in [0.25, 0.3) is 0 Å². The second-order valence-corrected chi connectivity index (χ2v) is 9.17. The molecule has 1 unspecified atom stereocenters. The Kier molecular flexibility index (Phi) is 7.82. The smallest absolute Gasteiger partial charge is 0.411 e. The van der Waals surface area contributed by atoms with Gasteiger partial charge in [-0.25, -0.2) is 9.59 Å². The van der Waals surface area contributed by atoms with Crippen molar-refractivity contribution < 1.29 is 28.8 Å². The molecule has 2 bridgehead atoms. The summed E-state index contributed by atoms with van der Waals surface area (Å²) >= 11 is 0. The van der Waals surface area contributed by atoms with Crippen LogP contribution < -0.4 is 5.32 Å². The van der Waals surface area contributed by atoms with Gasteiger partial charge in [-0.2, -0.15) is 0 Å². The number of amides is 2. The number of nitro groups is 1. The summed E-state index contributed by atoms with van der Waals surface area (Å²) in [4.78, 5) is 51.0. The van der Waals surface area contributed by atoms with Crippen LogP contribution in [0.3, 0.4) is 0 Å². The van der Waals surface area contributed by atoms with Gasteiger partial charge in [0.2, 0.25) is 5.91 Å². The number of carbonyl (C=O) groups is 3. The minimum absolute atomic E-state index is 0.0306. The fourth-order valence-electron chi connectivity index (χ4n) is 5.13. The van der Waals surface area contributed by atoms with Crippen molar-refractivity contribution in [1.29, 1.82) is 0 Å². The van der Waals surface area contributed by atoms with Crippen molar-refractivity contribution in [2.24, 2.45) is 5.92 Å². The molecular weight excluding hydrogens is 466 g/mol. The lowest BCUT2D eigenvalue weighted by Gasteiger charge is -2.49. The van der Waals surface area contributed by atoms with Gasteiger partial charge >= 0.3 is 12.1 Å². The minimum Gasteiger partial charge on any atom is -0.467 e. The molecule has 36 heavy (non-hydrogen) atoms. The second kappa shape index (κ2) is 11.2. The first kappa shape index (κ1) is 25.2. The summed E-state index contributed by atoms with van der Waals surface area (Å²) in [7, 11) is 1.23. The highest BCUT2D eigenvalue weighted by Gasteiger charge is 2.48.